The highest BCUT2D eigenvalue weighted by Crippen LogP contribution is 2.39. The highest BCUT2D eigenvalue weighted by atomic mass is 32.1. The van der Waals surface area contributed by atoms with Crippen LogP contribution in [0, 0.1) is 13.8 Å². The summed E-state index contributed by atoms with van der Waals surface area (Å²) in [7, 11) is 0. The molecule has 7 aromatic rings. The van der Waals surface area contributed by atoms with Gasteiger partial charge in [0.2, 0.25) is 0 Å². The van der Waals surface area contributed by atoms with Gasteiger partial charge in [-0.15, -0.1) is 11.3 Å². The lowest BCUT2D eigenvalue weighted by Gasteiger charge is -2.10. The molecule has 0 fully saturated rings. The van der Waals surface area contributed by atoms with Crippen LogP contribution < -0.4 is 0 Å². The Morgan fingerprint density at radius 2 is 1.42 bits per heavy atom. The fourth-order valence-corrected chi connectivity index (χ4v) is 6.27. The molecule has 7 rings (SSSR count). The van der Waals surface area contributed by atoms with E-state index in [1.165, 1.54) is 42.8 Å². The van der Waals surface area contributed by atoms with E-state index in [1.807, 2.05) is 18.3 Å². The first-order valence-corrected chi connectivity index (χ1v) is 12.9. The van der Waals surface area contributed by atoms with Crippen LogP contribution in [0.15, 0.2) is 108 Å². The third-order valence-corrected chi connectivity index (χ3v) is 8.16. The smallest absolute Gasteiger partial charge is 0.144 e. The van der Waals surface area contributed by atoms with Gasteiger partial charge in [0.15, 0.2) is 0 Å². The predicted molar refractivity (Wildman–Crippen MR) is 153 cm³/mol. The summed E-state index contributed by atoms with van der Waals surface area (Å²) in [5.41, 5.74) is 10.2. The molecule has 0 spiro atoms. The largest absolute Gasteiger partial charge is 0.455 e. The molecule has 0 aliphatic carbocycles. The van der Waals surface area contributed by atoms with Crippen molar-refractivity contribution in [3.05, 3.63) is 114 Å². The van der Waals surface area contributed by atoms with Crippen LogP contribution >= 0.6 is 11.3 Å². The Labute approximate surface area is 213 Å². The zero-order chi connectivity index (χ0) is 24.2. The van der Waals surface area contributed by atoms with Crippen molar-refractivity contribution in [1.29, 1.82) is 0 Å². The highest BCUT2D eigenvalue weighted by molar-refractivity contribution is 7.22. The van der Waals surface area contributed by atoms with Crippen LogP contribution in [0.5, 0.6) is 0 Å². The van der Waals surface area contributed by atoms with Crippen molar-refractivity contribution in [3.63, 3.8) is 0 Å². The third kappa shape index (κ3) is 3.35. The Hall–Kier alpha value is -4.21. The SMILES string of the molecule is Cc1cccc(C)c1-c1ccc(-c2cc3cc(-c4cccc5c4oc4ccccc45)ncc3s2)cc1. The number of aromatic nitrogens is 1. The topological polar surface area (TPSA) is 26.0 Å². The molecule has 3 heteroatoms. The second-order valence-corrected chi connectivity index (χ2v) is 10.4. The summed E-state index contributed by atoms with van der Waals surface area (Å²) >= 11 is 1.78. The number of fused-ring (bicyclic) bond motifs is 4. The number of nitrogens with zero attached hydrogens (tertiary/aromatic N) is 1. The fourth-order valence-electron chi connectivity index (χ4n) is 5.26. The normalized spacial score (nSPS) is 11.6. The van der Waals surface area contributed by atoms with Crippen molar-refractivity contribution in [2.45, 2.75) is 13.8 Å². The average molecular weight is 482 g/mol. The van der Waals surface area contributed by atoms with Crippen LogP contribution in [0.2, 0.25) is 0 Å². The molecule has 2 nitrogen and oxygen atoms in total. The molecule has 172 valence electrons. The van der Waals surface area contributed by atoms with Gasteiger partial charge in [-0.1, -0.05) is 72.8 Å². The standard InChI is InChI=1S/C33H23NOS/c1-20-7-5-8-21(2)32(20)23-15-13-22(14-16-23)30-18-24-17-28(34-19-31(24)36-30)27-11-6-10-26-25-9-3-4-12-29(25)35-33(26)27/h3-19H,1-2H3. The lowest BCUT2D eigenvalue weighted by Crippen LogP contribution is -1.87. The Balaban J connectivity index is 1.28. The molecule has 0 atom stereocenters. The van der Waals surface area contributed by atoms with Gasteiger partial charge in [0.1, 0.15) is 11.2 Å². The van der Waals surface area contributed by atoms with Gasteiger partial charge in [-0.05, 0) is 71.3 Å². The Morgan fingerprint density at radius 3 is 2.25 bits per heavy atom. The summed E-state index contributed by atoms with van der Waals surface area (Å²) < 4.78 is 7.44. The maximum absolute atomic E-state index is 6.25. The molecule has 0 aliphatic heterocycles. The summed E-state index contributed by atoms with van der Waals surface area (Å²) in [5, 5.41) is 3.46. The van der Waals surface area contributed by atoms with Crippen molar-refractivity contribution in [1.82, 2.24) is 4.98 Å². The zero-order valence-electron chi connectivity index (χ0n) is 20.1. The van der Waals surface area contributed by atoms with Crippen molar-refractivity contribution in [3.8, 4) is 32.8 Å². The van der Waals surface area contributed by atoms with Crippen LogP contribution in [0.25, 0.3) is 64.8 Å². The molecule has 0 aliphatic rings. The quantitative estimate of drug-likeness (QED) is 0.251. The number of hydrogen-bond acceptors (Lipinski definition) is 3. The molecule has 0 saturated heterocycles. The lowest BCUT2D eigenvalue weighted by molar-refractivity contribution is 0.670. The highest BCUT2D eigenvalue weighted by Gasteiger charge is 2.14. The van der Waals surface area contributed by atoms with Crippen LogP contribution in [0.4, 0.5) is 0 Å². The van der Waals surface area contributed by atoms with Crippen LogP contribution in [0.3, 0.4) is 0 Å². The fraction of sp³-hybridized carbons (Fsp3) is 0.0606. The molecule has 0 N–H and O–H groups in total. The minimum Gasteiger partial charge on any atom is -0.455 e. The predicted octanol–water partition coefficient (Wildman–Crippen LogP) is 9.81. The van der Waals surface area contributed by atoms with Gasteiger partial charge in [0.25, 0.3) is 0 Å². The van der Waals surface area contributed by atoms with Gasteiger partial charge in [0, 0.05) is 27.4 Å². The van der Waals surface area contributed by atoms with E-state index in [2.05, 4.69) is 98.8 Å². The molecule has 4 aromatic carbocycles. The van der Waals surface area contributed by atoms with Gasteiger partial charge in [-0.3, -0.25) is 4.98 Å². The number of thiophene rings is 1. The van der Waals surface area contributed by atoms with Crippen molar-refractivity contribution in [2.24, 2.45) is 0 Å². The molecule has 0 saturated carbocycles. The molecular weight excluding hydrogens is 458 g/mol. The minimum atomic E-state index is 0.892. The van der Waals surface area contributed by atoms with E-state index in [9.17, 15) is 0 Å². The molecule has 3 aromatic heterocycles. The molecule has 36 heavy (non-hydrogen) atoms. The second-order valence-electron chi connectivity index (χ2n) is 9.34. The number of benzene rings is 4. The first kappa shape index (κ1) is 21.1. The molecule has 0 bridgehead atoms. The van der Waals surface area contributed by atoms with Crippen molar-refractivity contribution in [2.75, 3.05) is 0 Å². The summed E-state index contributed by atoms with van der Waals surface area (Å²) in [6, 6.07) is 34.4. The summed E-state index contributed by atoms with van der Waals surface area (Å²) in [6.45, 7) is 4.36. The molecule has 0 amide bonds. The average Bonchev–Trinajstić information content (AvgIpc) is 3.50. The first-order valence-electron chi connectivity index (χ1n) is 12.1. The maximum atomic E-state index is 6.25. The van der Waals surface area contributed by atoms with E-state index in [4.69, 9.17) is 9.40 Å². The zero-order valence-corrected chi connectivity index (χ0v) is 20.9. The second kappa shape index (κ2) is 8.18. The number of hydrogen-bond donors (Lipinski definition) is 0. The van der Waals surface area contributed by atoms with E-state index in [1.54, 1.807) is 11.3 Å². The summed E-state index contributed by atoms with van der Waals surface area (Å²) in [4.78, 5) is 6.08. The van der Waals surface area contributed by atoms with Gasteiger partial charge < -0.3 is 4.42 Å². The number of rotatable bonds is 3. The number of aryl methyl sites for hydroxylation is 2. The monoisotopic (exact) mass is 481 g/mol. The lowest BCUT2D eigenvalue weighted by atomic mass is 9.95. The van der Waals surface area contributed by atoms with E-state index < -0.39 is 0 Å². The number of para-hydroxylation sites is 2. The van der Waals surface area contributed by atoms with Gasteiger partial charge in [0.05, 0.1) is 10.4 Å². The maximum Gasteiger partial charge on any atom is 0.144 e. The van der Waals surface area contributed by atoms with Crippen LogP contribution in [-0.2, 0) is 0 Å². The molecule has 0 unspecified atom stereocenters. The van der Waals surface area contributed by atoms with Crippen molar-refractivity contribution < 1.29 is 4.42 Å². The van der Waals surface area contributed by atoms with Gasteiger partial charge >= 0.3 is 0 Å². The Morgan fingerprint density at radius 1 is 0.694 bits per heavy atom. The first-order chi connectivity index (χ1) is 17.7. The van der Waals surface area contributed by atoms with E-state index in [0.29, 0.717) is 0 Å². The van der Waals surface area contributed by atoms with Crippen LogP contribution in [0.1, 0.15) is 11.1 Å². The van der Waals surface area contributed by atoms with Gasteiger partial charge in [-0.25, -0.2) is 0 Å². The number of furan rings is 1. The molecule has 0 radical (unpaired) electrons. The summed E-state index contributed by atoms with van der Waals surface area (Å²) in [6.07, 6.45) is 1.99. The third-order valence-electron chi connectivity index (χ3n) is 7.02. The van der Waals surface area contributed by atoms with E-state index in [0.717, 1.165) is 33.2 Å². The van der Waals surface area contributed by atoms with Crippen molar-refractivity contribution >= 4 is 43.4 Å². The van der Waals surface area contributed by atoms with E-state index >= 15 is 0 Å². The molecular formula is C33H23NOS. The van der Waals surface area contributed by atoms with E-state index in [-0.39, 0.29) is 0 Å². The number of pyridine rings is 1. The minimum absolute atomic E-state index is 0.892. The van der Waals surface area contributed by atoms with Crippen LogP contribution in [-0.4, -0.2) is 4.98 Å². The summed E-state index contributed by atoms with van der Waals surface area (Å²) in [5.74, 6) is 0. The molecule has 3 heterocycles. The Bertz CT molecular complexity index is 1890. The van der Waals surface area contributed by atoms with Gasteiger partial charge in [-0.2, -0.15) is 0 Å². The Kier molecular flexibility index (Phi) is 4.80.